The first-order valence-electron chi connectivity index (χ1n) is 6.12. The number of nitrogens with zero attached hydrogens (tertiary/aromatic N) is 1. The Morgan fingerprint density at radius 3 is 2.56 bits per heavy atom. The fourth-order valence-electron chi connectivity index (χ4n) is 2.01. The van der Waals surface area contributed by atoms with Gasteiger partial charge in [0.05, 0.1) is 0 Å². The predicted octanol–water partition coefficient (Wildman–Crippen LogP) is 3.11. The lowest BCUT2D eigenvalue weighted by molar-refractivity contribution is 0.543. The molecular formula is C15H17FN2. The van der Waals surface area contributed by atoms with Gasteiger partial charge in [0.25, 0.3) is 0 Å². The second-order valence-electron chi connectivity index (χ2n) is 4.25. The molecule has 18 heavy (non-hydrogen) atoms. The third-order valence-corrected chi connectivity index (χ3v) is 3.04. The van der Waals surface area contributed by atoms with Crippen LogP contribution in [0.2, 0.25) is 0 Å². The number of halogens is 1. The second kappa shape index (κ2) is 6.26. The average Bonchev–Trinajstić information content (AvgIpc) is 2.42. The zero-order valence-corrected chi connectivity index (χ0v) is 10.4. The van der Waals surface area contributed by atoms with E-state index in [2.05, 4.69) is 10.3 Å². The van der Waals surface area contributed by atoms with Gasteiger partial charge in [-0.25, -0.2) is 4.39 Å². The zero-order chi connectivity index (χ0) is 12.8. The number of hydrogen-bond donors (Lipinski definition) is 1. The summed E-state index contributed by atoms with van der Waals surface area (Å²) in [6.45, 7) is 0. The highest BCUT2D eigenvalue weighted by molar-refractivity contribution is 5.20. The van der Waals surface area contributed by atoms with Crippen molar-refractivity contribution in [2.75, 3.05) is 7.05 Å². The molecule has 0 saturated carbocycles. The Balaban J connectivity index is 1.99. The molecule has 2 nitrogen and oxygen atoms in total. The minimum absolute atomic E-state index is 0.196. The smallest absolute Gasteiger partial charge is 0.123 e. The Labute approximate surface area is 107 Å². The Bertz CT molecular complexity index is 468. The number of hydrogen-bond acceptors (Lipinski definition) is 2. The molecule has 1 unspecified atom stereocenters. The van der Waals surface area contributed by atoms with Gasteiger partial charge in [0.2, 0.25) is 0 Å². The first-order chi connectivity index (χ1) is 8.79. The topological polar surface area (TPSA) is 24.9 Å². The SMILES string of the molecule is CNC(CCc1ccccn1)c1ccc(F)cc1. The van der Waals surface area contributed by atoms with E-state index in [1.54, 1.807) is 0 Å². The number of benzene rings is 1. The van der Waals surface area contributed by atoms with Gasteiger partial charge in [0.15, 0.2) is 0 Å². The van der Waals surface area contributed by atoms with Crippen LogP contribution in [-0.2, 0) is 6.42 Å². The molecule has 94 valence electrons. The van der Waals surface area contributed by atoms with E-state index in [1.165, 1.54) is 12.1 Å². The van der Waals surface area contributed by atoms with E-state index in [1.807, 2.05) is 43.6 Å². The fourth-order valence-corrected chi connectivity index (χ4v) is 2.01. The lowest BCUT2D eigenvalue weighted by atomic mass is 10.0. The Kier molecular flexibility index (Phi) is 4.42. The molecule has 1 aromatic heterocycles. The summed E-state index contributed by atoms with van der Waals surface area (Å²) in [5.74, 6) is -0.196. The number of pyridine rings is 1. The number of aryl methyl sites for hydroxylation is 1. The van der Waals surface area contributed by atoms with E-state index < -0.39 is 0 Å². The van der Waals surface area contributed by atoms with Crippen molar-refractivity contribution in [3.05, 3.63) is 65.7 Å². The summed E-state index contributed by atoms with van der Waals surface area (Å²) < 4.78 is 12.9. The summed E-state index contributed by atoms with van der Waals surface area (Å²) >= 11 is 0. The fraction of sp³-hybridized carbons (Fsp3) is 0.267. The van der Waals surface area contributed by atoms with E-state index in [0.717, 1.165) is 24.1 Å². The molecule has 0 spiro atoms. The van der Waals surface area contributed by atoms with Gasteiger partial charge in [-0.15, -0.1) is 0 Å². The molecule has 1 heterocycles. The van der Waals surface area contributed by atoms with Crippen LogP contribution in [0.4, 0.5) is 4.39 Å². The van der Waals surface area contributed by atoms with E-state index in [-0.39, 0.29) is 11.9 Å². The van der Waals surface area contributed by atoms with Gasteiger partial charge >= 0.3 is 0 Å². The minimum Gasteiger partial charge on any atom is -0.313 e. The largest absolute Gasteiger partial charge is 0.313 e. The van der Waals surface area contributed by atoms with Gasteiger partial charge in [-0.05, 0) is 49.7 Å². The maximum atomic E-state index is 12.9. The molecule has 0 saturated heterocycles. The summed E-state index contributed by atoms with van der Waals surface area (Å²) in [6.07, 6.45) is 3.66. The molecule has 2 rings (SSSR count). The third kappa shape index (κ3) is 3.37. The number of aromatic nitrogens is 1. The van der Waals surface area contributed by atoms with Crippen LogP contribution in [0.5, 0.6) is 0 Å². The molecule has 1 N–H and O–H groups in total. The van der Waals surface area contributed by atoms with Crippen molar-refractivity contribution >= 4 is 0 Å². The molecule has 0 aliphatic heterocycles. The Morgan fingerprint density at radius 1 is 1.17 bits per heavy atom. The van der Waals surface area contributed by atoms with Gasteiger partial charge < -0.3 is 5.32 Å². The first kappa shape index (κ1) is 12.7. The van der Waals surface area contributed by atoms with Crippen LogP contribution in [0.25, 0.3) is 0 Å². The molecular weight excluding hydrogens is 227 g/mol. The van der Waals surface area contributed by atoms with Crippen molar-refractivity contribution in [2.45, 2.75) is 18.9 Å². The average molecular weight is 244 g/mol. The van der Waals surface area contributed by atoms with E-state index >= 15 is 0 Å². The van der Waals surface area contributed by atoms with E-state index in [0.29, 0.717) is 0 Å². The van der Waals surface area contributed by atoms with Crippen LogP contribution >= 0.6 is 0 Å². The number of nitrogens with one attached hydrogen (secondary N) is 1. The summed E-state index contributed by atoms with van der Waals surface area (Å²) in [7, 11) is 1.92. The Hall–Kier alpha value is -1.74. The van der Waals surface area contributed by atoms with E-state index in [4.69, 9.17) is 0 Å². The second-order valence-corrected chi connectivity index (χ2v) is 4.25. The molecule has 0 amide bonds. The van der Waals surface area contributed by atoms with Crippen LogP contribution < -0.4 is 5.32 Å². The quantitative estimate of drug-likeness (QED) is 0.874. The lowest BCUT2D eigenvalue weighted by Gasteiger charge is -2.16. The van der Waals surface area contributed by atoms with Crippen LogP contribution in [0.1, 0.15) is 23.7 Å². The van der Waals surface area contributed by atoms with Crippen molar-refractivity contribution in [1.29, 1.82) is 0 Å². The standard InChI is InChI=1S/C15H17FN2/c1-17-15(12-5-7-13(16)8-6-12)10-9-14-4-2-3-11-18-14/h2-8,11,15,17H,9-10H2,1H3. The molecule has 2 aromatic rings. The number of rotatable bonds is 5. The predicted molar refractivity (Wildman–Crippen MR) is 70.8 cm³/mol. The summed E-state index contributed by atoms with van der Waals surface area (Å²) in [4.78, 5) is 4.31. The highest BCUT2D eigenvalue weighted by Crippen LogP contribution is 2.18. The molecule has 1 atom stereocenters. The normalized spacial score (nSPS) is 12.3. The molecule has 3 heteroatoms. The Morgan fingerprint density at radius 2 is 1.94 bits per heavy atom. The van der Waals surface area contributed by atoms with Crippen molar-refractivity contribution in [1.82, 2.24) is 10.3 Å². The zero-order valence-electron chi connectivity index (χ0n) is 10.4. The highest BCUT2D eigenvalue weighted by Gasteiger charge is 2.09. The molecule has 0 fully saturated rings. The summed E-state index contributed by atoms with van der Waals surface area (Å²) in [5.41, 5.74) is 2.19. The van der Waals surface area contributed by atoms with E-state index in [9.17, 15) is 4.39 Å². The van der Waals surface area contributed by atoms with Crippen LogP contribution in [0.3, 0.4) is 0 Å². The van der Waals surface area contributed by atoms with Crippen molar-refractivity contribution in [2.24, 2.45) is 0 Å². The van der Waals surface area contributed by atoms with Crippen molar-refractivity contribution in [3.63, 3.8) is 0 Å². The maximum Gasteiger partial charge on any atom is 0.123 e. The summed E-state index contributed by atoms with van der Waals surface area (Å²) in [5, 5.41) is 3.26. The molecule has 0 aliphatic carbocycles. The highest BCUT2D eigenvalue weighted by atomic mass is 19.1. The van der Waals surface area contributed by atoms with Crippen molar-refractivity contribution in [3.8, 4) is 0 Å². The molecule has 0 bridgehead atoms. The molecule has 0 radical (unpaired) electrons. The van der Waals surface area contributed by atoms with Crippen molar-refractivity contribution < 1.29 is 4.39 Å². The van der Waals surface area contributed by atoms with Gasteiger partial charge in [0.1, 0.15) is 5.82 Å². The molecule has 0 aliphatic rings. The summed E-state index contributed by atoms with van der Waals surface area (Å²) in [6, 6.07) is 12.8. The van der Waals surface area contributed by atoms with Gasteiger partial charge in [-0.2, -0.15) is 0 Å². The van der Waals surface area contributed by atoms with Crippen LogP contribution in [0.15, 0.2) is 48.7 Å². The minimum atomic E-state index is -0.196. The van der Waals surface area contributed by atoms with Gasteiger partial charge in [-0.1, -0.05) is 18.2 Å². The first-order valence-corrected chi connectivity index (χ1v) is 6.12. The third-order valence-electron chi connectivity index (χ3n) is 3.04. The van der Waals surface area contributed by atoms with Crippen LogP contribution in [0, 0.1) is 5.82 Å². The van der Waals surface area contributed by atoms with Crippen LogP contribution in [-0.4, -0.2) is 12.0 Å². The van der Waals surface area contributed by atoms with Gasteiger partial charge in [-0.3, -0.25) is 4.98 Å². The molecule has 1 aromatic carbocycles. The lowest BCUT2D eigenvalue weighted by Crippen LogP contribution is -2.17. The van der Waals surface area contributed by atoms with Gasteiger partial charge in [0, 0.05) is 17.9 Å². The maximum absolute atomic E-state index is 12.9. The monoisotopic (exact) mass is 244 g/mol.